The molecule has 0 unspecified atom stereocenters. The number of rotatable bonds is 3. The lowest BCUT2D eigenvalue weighted by Gasteiger charge is -2.31. The van der Waals surface area contributed by atoms with E-state index >= 15 is 0 Å². The average Bonchev–Trinajstić information content (AvgIpc) is 3.13. The molecular formula is C19H17BrF3N5O2. The van der Waals surface area contributed by atoms with E-state index in [4.69, 9.17) is 0 Å². The van der Waals surface area contributed by atoms with Gasteiger partial charge in [0.15, 0.2) is 0 Å². The van der Waals surface area contributed by atoms with Gasteiger partial charge in [0.2, 0.25) is 5.95 Å². The van der Waals surface area contributed by atoms with Crippen LogP contribution in [0, 0.1) is 0 Å². The Bertz CT molecular complexity index is 1100. The third-order valence-corrected chi connectivity index (χ3v) is 5.70. The highest BCUT2D eigenvalue weighted by atomic mass is 79.9. The molecule has 3 aromatic rings. The van der Waals surface area contributed by atoms with Crippen molar-refractivity contribution in [1.29, 1.82) is 0 Å². The van der Waals surface area contributed by atoms with Crippen molar-refractivity contribution >= 4 is 38.9 Å². The second kappa shape index (κ2) is 7.78. The summed E-state index contributed by atoms with van der Waals surface area (Å²) >= 11 is 3.39. The molecule has 1 amide bonds. The Labute approximate surface area is 177 Å². The molecule has 30 heavy (non-hydrogen) atoms. The van der Waals surface area contributed by atoms with Crippen molar-refractivity contribution in [2.24, 2.45) is 0 Å². The van der Waals surface area contributed by atoms with Crippen molar-refractivity contribution in [3.63, 3.8) is 0 Å². The second-order valence-corrected chi connectivity index (χ2v) is 7.88. The van der Waals surface area contributed by atoms with E-state index in [1.807, 2.05) is 0 Å². The number of amides is 1. The number of H-pyrrole nitrogens is 1. The largest absolute Gasteiger partial charge is 0.465 e. The summed E-state index contributed by atoms with van der Waals surface area (Å²) in [6.07, 6.45) is -2.09. The highest BCUT2D eigenvalue weighted by molar-refractivity contribution is 9.10. The van der Waals surface area contributed by atoms with Gasteiger partial charge in [-0.25, -0.2) is 14.8 Å². The molecule has 0 bridgehead atoms. The third-order valence-electron chi connectivity index (χ3n) is 5.04. The number of aromatic amines is 1. The van der Waals surface area contributed by atoms with Crippen LogP contribution in [-0.2, 0) is 6.18 Å². The molecule has 158 valence electrons. The number of nitrogens with one attached hydrogen (secondary N) is 2. The maximum atomic E-state index is 13.7. The van der Waals surface area contributed by atoms with Crippen LogP contribution in [0.3, 0.4) is 0 Å². The number of alkyl halides is 3. The van der Waals surface area contributed by atoms with E-state index in [9.17, 15) is 23.1 Å². The van der Waals surface area contributed by atoms with Crippen molar-refractivity contribution in [3.8, 4) is 11.3 Å². The average molecular weight is 484 g/mol. The molecule has 4 rings (SSSR count). The number of para-hydroxylation sites is 1. The molecule has 1 aromatic carbocycles. The molecular weight excluding hydrogens is 467 g/mol. The molecule has 7 nitrogen and oxygen atoms in total. The Morgan fingerprint density at radius 1 is 1.37 bits per heavy atom. The number of carbonyl (C=O) groups is 1. The lowest BCUT2D eigenvalue weighted by Crippen LogP contribution is -2.44. The minimum absolute atomic E-state index is 0.0274. The minimum atomic E-state index is -4.63. The summed E-state index contributed by atoms with van der Waals surface area (Å²) in [5.41, 5.74) is -0.210. The zero-order chi connectivity index (χ0) is 21.5. The van der Waals surface area contributed by atoms with Gasteiger partial charge in [0.05, 0.1) is 11.2 Å². The Kier molecular flexibility index (Phi) is 5.31. The Balaban J connectivity index is 1.73. The summed E-state index contributed by atoms with van der Waals surface area (Å²) in [7, 11) is 0. The molecule has 2 aromatic heterocycles. The summed E-state index contributed by atoms with van der Waals surface area (Å²) in [5, 5.41) is 12.8. The predicted molar refractivity (Wildman–Crippen MR) is 108 cm³/mol. The van der Waals surface area contributed by atoms with Crippen molar-refractivity contribution in [2.45, 2.75) is 25.1 Å². The van der Waals surface area contributed by atoms with E-state index in [1.54, 1.807) is 18.2 Å². The number of nitrogens with zero attached hydrogens (tertiary/aromatic N) is 3. The van der Waals surface area contributed by atoms with Crippen LogP contribution in [0.25, 0.3) is 22.2 Å². The van der Waals surface area contributed by atoms with Gasteiger partial charge in [0.1, 0.15) is 5.56 Å². The van der Waals surface area contributed by atoms with Crippen molar-refractivity contribution < 1.29 is 23.1 Å². The lowest BCUT2D eigenvalue weighted by molar-refractivity contribution is -0.137. The van der Waals surface area contributed by atoms with E-state index in [2.05, 4.69) is 36.2 Å². The van der Waals surface area contributed by atoms with Gasteiger partial charge in [-0.3, -0.25) is 0 Å². The van der Waals surface area contributed by atoms with Gasteiger partial charge in [-0.2, -0.15) is 13.2 Å². The quantitative estimate of drug-likeness (QED) is 0.489. The molecule has 1 aliphatic heterocycles. The highest BCUT2D eigenvalue weighted by Gasteiger charge is 2.36. The number of piperidine rings is 1. The third kappa shape index (κ3) is 3.93. The first kappa shape index (κ1) is 20.5. The maximum absolute atomic E-state index is 13.7. The number of benzene rings is 1. The monoisotopic (exact) mass is 483 g/mol. The molecule has 1 saturated heterocycles. The zero-order valence-corrected chi connectivity index (χ0v) is 17.1. The molecule has 3 heterocycles. The smallest absolute Gasteiger partial charge is 0.419 e. The van der Waals surface area contributed by atoms with Gasteiger partial charge in [-0.05, 0) is 34.8 Å². The first-order chi connectivity index (χ1) is 14.2. The van der Waals surface area contributed by atoms with Crippen LogP contribution >= 0.6 is 15.9 Å². The summed E-state index contributed by atoms with van der Waals surface area (Å²) in [6, 6.07) is 4.96. The van der Waals surface area contributed by atoms with Crippen molar-refractivity contribution in [1.82, 2.24) is 19.9 Å². The van der Waals surface area contributed by atoms with E-state index in [0.29, 0.717) is 35.9 Å². The van der Waals surface area contributed by atoms with E-state index in [-0.39, 0.29) is 24.2 Å². The van der Waals surface area contributed by atoms with Crippen LogP contribution in [0.1, 0.15) is 18.4 Å². The summed E-state index contributed by atoms with van der Waals surface area (Å²) < 4.78 is 41.7. The standard InChI is InChI=1S/C19H17BrF3N5O2/c20-14-5-1-4-11-12(7-24-16(11)14)15-13(19(21,22)23)8-25-17(27-15)26-10-3-2-6-28(9-10)18(29)30/h1,4-5,7-8,10,24H,2-3,6,9H2,(H,29,30)(H,25,26,27)/t10-/m0/s1. The van der Waals surface area contributed by atoms with Gasteiger partial charge < -0.3 is 20.3 Å². The summed E-state index contributed by atoms with van der Waals surface area (Å²) in [5.74, 6) is 0.0274. The van der Waals surface area contributed by atoms with E-state index in [1.165, 1.54) is 11.1 Å². The molecule has 1 atom stereocenters. The number of hydrogen-bond donors (Lipinski definition) is 3. The zero-order valence-electron chi connectivity index (χ0n) is 15.5. The van der Waals surface area contributed by atoms with Gasteiger partial charge in [-0.15, -0.1) is 0 Å². The molecule has 3 N–H and O–H groups in total. The van der Waals surface area contributed by atoms with Crippen molar-refractivity contribution in [2.75, 3.05) is 18.4 Å². The van der Waals surface area contributed by atoms with Gasteiger partial charge in [-0.1, -0.05) is 12.1 Å². The molecule has 1 aliphatic rings. The fourth-order valence-corrected chi connectivity index (χ4v) is 4.11. The minimum Gasteiger partial charge on any atom is -0.465 e. The predicted octanol–water partition coefficient (Wildman–Crippen LogP) is 4.96. The van der Waals surface area contributed by atoms with Crippen LogP contribution in [0.5, 0.6) is 0 Å². The van der Waals surface area contributed by atoms with Crippen LogP contribution in [0.4, 0.5) is 23.9 Å². The van der Waals surface area contributed by atoms with Crippen molar-refractivity contribution in [3.05, 3.63) is 40.6 Å². The van der Waals surface area contributed by atoms with Crippen LogP contribution in [0.15, 0.2) is 35.1 Å². The molecule has 0 spiro atoms. The fraction of sp³-hybridized carbons (Fsp3) is 0.316. The van der Waals surface area contributed by atoms with E-state index in [0.717, 1.165) is 10.7 Å². The molecule has 0 saturated carbocycles. The SMILES string of the molecule is O=C(O)N1CCC[C@H](Nc2ncc(C(F)(F)F)c(-c3c[nH]c4c(Br)cccc34)n2)C1. The number of aromatic nitrogens is 3. The normalized spacial score (nSPS) is 17.3. The van der Waals surface area contributed by atoms with Crippen LogP contribution < -0.4 is 5.32 Å². The Hall–Kier alpha value is -2.82. The van der Waals surface area contributed by atoms with Crippen LogP contribution in [0.2, 0.25) is 0 Å². The topological polar surface area (TPSA) is 94.1 Å². The Morgan fingerprint density at radius 3 is 2.90 bits per heavy atom. The number of anilines is 1. The van der Waals surface area contributed by atoms with Gasteiger partial charge in [0, 0.05) is 46.9 Å². The number of fused-ring (bicyclic) bond motifs is 1. The number of halogens is 4. The van der Waals surface area contributed by atoms with Crippen LogP contribution in [-0.4, -0.2) is 50.2 Å². The molecule has 0 radical (unpaired) electrons. The summed E-state index contributed by atoms with van der Waals surface area (Å²) in [6.45, 7) is 0.645. The van der Waals surface area contributed by atoms with E-state index < -0.39 is 17.8 Å². The first-order valence-corrected chi connectivity index (χ1v) is 9.98. The van der Waals surface area contributed by atoms with Gasteiger partial charge >= 0.3 is 12.3 Å². The number of carboxylic acid groups (broad SMARTS) is 1. The number of hydrogen-bond acceptors (Lipinski definition) is 4. The van der Waals surface area contributed by atoms with Gasteiger partial charge in [0.25, 0.3) is 0 Å². The first-order valence-electron chi connectivity index (χ1n) is 9.18. The molecule has 0 aliphatic carbocycles. The molecule has 11 heteroatoms. The lowest BCUT2D eigenvalue weighted by atomic mass is 10.1. The maximum Gasteiger partial charge on any atom is 0.419 e. The Morgan fingerprint density at radius 2 is 2.17 bits per heavy atom. The number of likely N-dealkylation sites (tertiary alicyclic amines) is 1. The molecule has 1 fully saturated rings. The fourth-order valence-electron chi connectivity index (χ4n) is 3.63. The second-order valence-electron chi connectivity index (χ2n) is 7.03. The highest BCUT2D eigenvalue weighted by Crippen LogP contribution is 2.39. The summed E-state index contributed by atoms with van der Waals surface area (Å²) in [4.78, 5) is 23.5.